The first-order valence-corrected chi connectivity index (χ1v) is 9.01. The van der Waals surface area contributed by atoms with E-state index in [-0.39, 0.29) is 10.8 Å². The van der Waals surface area contributed by atoms with E-state index in [1.807, 2.05) is 36.5 Å². The Bertz CT molecular complexity index is 1060. The van der Waals surface area contributed by atoms with E-state index in [1.165, 1.54) is 11.3 Å². The minimum atomic E-state index is -0.0274. The molecule has 4 aromatic rings. The lowest BCUT2D eigenvalue weighted by atomic mass is 9.98. The van der Waals surface area contributed by atoms with E-state index in [0.717, 1.165) is 31.8 Å². The van der Waals surface area contributed by atoms with Gasteiger partial charge in [0, 0.05) is 22.8 Å². The van der Waals surface area contributed by atoms with Crippen molar-refractivity contribution in [3.63, 3.8) is 0 Å². The predicted octanol–water partition coefficient (Wildman–Crippen LogP) is 4.08. The highest BCUT2D eigenvalue weighted by molar-refractivity contribution is 9.10. The summed E-state index contributed by atoms with van der Waals surface area (Å²) in [5.74, 6) is 0.902. The highest BCUT2D eigenvalue weighted by Crippen LogP contribution is 2.26. The second-order valence-corrected chi connectivity index (χ2v) is 7.44. The van der Waals surface area contributed by atoms with Crippen LogP contribution in [-0.4, -0.2) is 19.7 Å². The standard InChI is InChI=1S/C17H13BrN4OS/c1-10(11-2-4-14-15(8-11)24-17(23)20-14)13-6-7-22(21-13)16-5-3-12(18)9-19-16/h2-10H,1H3,(H,20,23). The molecule has 0 bridgehead atoms. The van der Waals surface area contributed by atoms with Gasteiger partial charge in [0.15, 0.2) is 5.82 Å². The highest BCUT2D eigenvalue weighted by atomic mass is 79.9. The van der Waals surface area contributed by atoms with Crippen molar-refractivity contribution >= 4 is 37.5 Å². The Labute approximate surface area is 150 Å². The zero-order valence-electron chi connectivity index (χ0n) is 12.7. The fourth-order valence-electron chi connectivity index (χ4n) is 2.60. The van der Waals surface area contributed by atoms with Gasteiger partial charge in [-0.2, -0.15) is 5.10 Å². The summed E-state index contributed by atoms with van der Waals surface area (Å²) in [7, 11) is 0. The first-order valence-electron chi connectivity index (χ1n) is 7.40. The molecular weight excluding hydrogens is 388 g/mol. The van der Waals surface area contributed by atoms with Gasteiger partial charge in [-0.3, -0.25) is 4.79 Å². The van der Waals surface area contributed by atoms with Gasteiger partial charge >= 0.3 is 4.87 Å². The predicted molar refractivity (Wildman–Crippen MR) is 99.0 cm³/mol. The van der Waals surface area contributed by atoms with Crippen molar-refractivity contribution in [2.75, 3.05) is 0 Å². The van der Waals surface area contributed by atoms with E-state index < -0.39 is 0 Å². The molecule has 0 spiro atoms. The molecule has 3 aromatic heterocycles. The Morgan fingerprint density at radius 3 is 2.92 bits per heavy atom. The Morgan fingerprint density at radius 2 is 2.12 bits per heavy atom. The zero-order chi connectivity index (χ0) is 16.7. The molecule has 0 aliphatic heterocycles. The number of halogens is 1. The third kappa shape index (κ3) is 2.81. The van der Waals surface area contributed by atoms with Gasteiger partial charge in [0.05, 0.1) is 15.9 Å². The fourth-order valence-corrected chi connectivity index (χ4v) is 3.62. The Kier molecular flexibility index (Phi) is 3.82. The van der Waals surface area contributed by atoms with Gasteiger partial charge in [-0.15, -0.1) is 0 Å². The number of pyridine rings is 1. The van der Waals surface area contributed by atoms with Crippen LogP contribution >= 0.6 is 27.3 Å². The minimum absolute atomic E-state index is 0.0274. The summed E-state index contributed by atoms with van der Waals surface area (Å²) in [4.78, 5) is 18.6. The number of nitrogens with zero attached hydrogens (tertiary/aromatic N) is 3. The van der Waals surface area contributed by atoms with Crippen LogP contribution in [0.2, 0.25) is 0 Å². The van der Waals surface area contributed by atoms with Crippen LogP contribution in [0.5, 0.6) is 0 Å². The van der Waals surface area contributed by atoms with Crippen LogP contribution in [0.15, 0.2) is 58.1 Å². The first kappa shape index (κ1) is 15.3. The molecule has 0 saturated carbocycles. The van der Waals surface area contributed by atoms with E-state index in [0.29, 0.717) is 0 Å². The number of nitrogens with one attached hydrogen (secondary N) is 1. The first-order chi connectivity index (χ1) is 11.6. The Balaban J connectivity index is 1.67. The summed E-state index contributed by atoms with van der Waals surface area (Å²) in [6.07, 6.45) is 3.66. The van der Waals surface area contributed by atoms with Crippen LogP contribution in [0.25, 0.3) is 16.0 Å². The minimum Gasteiger partial charge on any atom is -0.312 e. The van der Waals surface area contributed by atoms with Crippen LogP contribution < -0.4 is 4.87 Å². The molecule has 0 aliphatic rings. The number of rotatable bonds is 3. The van der Waals surface area contributed by atoms with Crippen LogP contribution in [-0.2, 0) is 0 Å². The molecule has 0 fully saturated rings. The average molecular weight is 401 g/mol. The van der Waals surface area contributed by atoms with Gasteiger partial charge < -0.3 is 4.98 Å². The van der Waals surface area contributed by atoms with E-state index in [9.17, 15) is 4.79 Å². The molecule has 3 heterocycles. The number of aromatic nitrogens is 4. The molecule has 5 nitrogen and oxygen atoms in total. The maximum Gasteiger partial charge on any atom is 0.305 e. The molecule has 1 N–H and O–H groups in total. The van der Waals surface area contributed by atoms with Crippen molar-refractivity contribution in [1.29, 1.82) is 0 Å². The summed E-state index contributed by atoms with van der Waals surface area (Å²) in [5.41, 5.74) is 2.97. The number of H-pyrrole nitrogens is 1. The van der Waals surface area contributed by atoms with Gasteiger partial charge in [0.25, 0.3) is 0 Å². The van der Waals surface area contributed by atoms with E-state index in [1.54, 1.807) is 10.9 Å². The second-order valence-electron chi connectivity index (χ2n) is 5.51. The van der Waals surface area contributed by atoms with Crippen LogP contribution in [0, 0.1) is 0 Å². The summed E-state index contributed by atoms with van der Waals surface area (Å²) >= 11 is 4.61. The molecule has 0 aliphatic carbocycles. The number of fused-ring (bicyclic) bond motifs is 1. The van der Waals surface area contributed by atoms with Gasteiger partial charge in [-0.1, -0.05) is 24.3 Å². The number of aromatic amines is 1. The van der Waals surface area contributed by atoms with E-state index in [4.69, 9.17) is 0 Å². The molecule has 1 aromatic carbocycles. The zero-order valence-corrected chi connectivity index (χ0v) is 15.1. The number of thiazole rings is 1. The van der Waals surface area contributed by atoms with Crippen molar-refractivity contribution in [3.05, 3.63) is 74.2 Å². The van der Waals surface area contributed by atoms with Crippen LogP contribution in [0.1, 0.15) is 24.1 Å². The van der Waals surface area contributed by atoms with Gasteiger partial charge in [0.2, 0.25) is 0 Å². The third-order valence-corrected chi connectivity index (χ3v) is 5.26. The van der Waals surface area contributed by atoms with Gasteiger partial charge in [-0.05, 0) is 51.8 Å². The average Bonchev–Trinajstić information content (AvgIpc) is 3.20. The molecule has 0 radical (unpaired) electrons. The summed E-state index contributed by atoms with van der Waals surface area (Å²) in [5, 5.41) is 4.64. The maximum atomic E-state index is 11.5. The van der Waals surface area contributed by atoms with Crippen LogP contribution in [0.4, 0.5) is 0 Å². The third-order valence-electron chi connectivity index (χ3n) is 3.94. The molecule has 0 amide bonds. The van der Waals surface area contributed by atoms with Crippen molar-refractivity contribution in [2.45, 2.75) is 12.8 Å². The number of hydrogen-bond acceptors (Lipinski definition) is 4. The molecule has 7 heteroatoms. The van der Waals surface area contributed by atoms with E-state index in [2.05, 4.69) is 44.0 Å². The quantitative estimate of drug-likeness (QED) is 0.563. The smallest absolute Gasteiger partial charge is 0.305 e. The monoisotopic (exact) mass is 400 g/mol. The maximum absolute atomic E-state index is 11.5. The summed E-state index contributed by atoms with van der Waals surface area (Å²) in [6, 6.07) is 11.9. The molecule has 4 rings (SSSR count). The Hall–Kier alpha value is -2.25. The Morgan fingerprint density at radius 1 is 1.25 bits per heavy atom. The lowest BCUT2D eigenvalue weighted by Gasteiger charge is -2.09. The summed E-state index contributed by atoms with van der Waals surface area (Å²) in [6.45, 7) is 2.11. The van der Waals surface area contributed by atoms with Crippen molar-refractivity contribution in [1.82, 2.24) is 19.7 Å². The molecule has 24 heavy (non-hydrogen) atoms. The van der Waals surface area contributed by atoms with Gasteiger partial charge in [-0.25, -0.2) is 9.67 Å². The lowest BCUT2D eigenvalue weighted by molar-refractivity contribution is 0.780. The second kappa shape index (κ2) is 5.99. The van der Waals surface area contributed by atoms with E-state index >= 15 is 0 Å². The highest BCUT2D eigenvalue weighted by Gasteiger charge is 2.14. The topological polar surface area (TPSA) is 63.6 Å². The van der Waals surface area contributed by atoms with Crippen molar-refractivity contribution in [2.24, 2.45) is 0 Å². The molecule has 120 valence electrons. The molecular formula is C17H13BrN4OS. The lowest BCUT2D eigenvalue weighted by Crippen LogP contribution is -2.01. The van der Waals surface area contributed by atoms with Gasteiger partial charge in [0.1, 0.15) is 0 Å². The summed E-state index contributed by atoms with van der Waals surface area (Å²) < 4.78 is 3.68. The number of benzene rings is 1. The normalized spacial score (nSPS) is 12.6. The fraction of sp³-hybridized carbons (Fsp3) is 0.118. The molecule has 1 unspecified atom stereocenters. The van der Waals surface area contributed by atoms with Crippen molar-refractivity contribution < 1.29 is 0 Å². The number of hydrogen-bond donors (Lipinski definition) is 1. The van der Waals surface area contributed by atoms with Crippen LogP contribution in [0.3, 0.4) is 0 Å². The molecule has 1 atom stereocenters. The molecule has 0 saturated heterocycles. The largest absolute Gasteiger partial charge is 0.312 e. The SMILES string of the molecule is CC(c1ccc2[nH]c(=O)sc2c1)c1ccn(-c2ccc(Br)cn2)n1. The van der Waals surface area contributed by atoms with Crippen molar-refractivity contribution in [3.8, 4) is 5.82 Å².